The van der Waals surface area contributed by atoms with Crippen LogP contribution in [0.15, 0.2) is 17.5 Å². The first-order valence-electron chi connectivity index (χ1n) is 7.25. The van der Waals surface area contributed by atoms with Crippen LogP contribution < -0.4 is 5.73 Å². The van der Waals surface area contributed by atoms with Gasteiger partial charge in [0.15, 0.2) is 5.69 Å². The standard InChI is InChI=1S/C15H20N4OS/c1-9(2)19(8-11-4-3-7-21-11)15(20)14-12(16)13(17-18-14)10-5-6-10/h3-4,7,9-10H,5-6,8,16H2,1-2H3,(H,17,18). The smallest absolute Gasteiger partial charge is 0.277 e. The summed E-state index contributed by atoms with van der Waals surface area (Å²) < 4.78 is 0. The fraction of sp³-hybridized carbons (Fsp3) is 0.467. The summed E-state index contributed by atoms with van der Waals surface area (Å²) in [6.45, 7) is 4.62. The second kappa shape index (κ2) is 5.52. The molecule has 6 heteroatoms. The van der Waals surface area contributed by atoms with Gasteiger partial charge in [0.2, 0.25) is 0 Å². The molecular weight excluding hydrogens is 284 g/mol. The second-order valence-corrected chi connectivity index (χ2v) is 6.81. The number of nitrogen functional groups attached to an aromatic ring is 1. The van der Waals surface area contributed by atoms with Gasteiger partial charge in [-0.25, -0.2) is 0 Å². The van der Waals surface area contributed by atoms with E-state index in [1.165, 1.54) is 0 Å². The van der Waals surface area contributed by atoms with Gasteiger partial charge in [0.1, 0.15) is 0 Å². The molecule has 0 aliphatic heterocycles. The highest BCUT2D eigenvalue weighted by Crippen LogP contribution is 2.42. The normalized spacial score (nSPS) is 14.6. The van der Waals surface area contributed by atoms with E-state index in [9.17, 15) is 4.79 Å². The van der Waals surface area contributed by atoms with E-state index in [0.717, 1.165) is 23.4 Å². The molecule has 0 saturated heterocycles. The molecule has 2 heterocycles. The molecule has 1 aliphatic carbocycles. The summed E-state index contributed by atoms with van der Waals surface area (Å²) in [4.78, 5) is 15.7. The lowest BCUT2D eigenvalue weighted by Gasteiger charge is -2.25. The molecule has 0 unspecified atom stereocenters. The van der Waals surface area contributed by atoms with Gasteiger partial charge in [-0.05, 0) is 38.1 Å². The lowest BCUT2D eigenvalue weighted by atomic mass is 10.2. The Bertz CT molecular complexity index is 628. The molecule has 5 nitrogen and oxygen atoms in total. The van der Waals surface area contributed by atoms with Crippen LogP contribution >= 0.6 is 11.3 Å². The van der Waals surface area contributed by atoms with Gasteiger partial charge in [0.05, 0.1) is 17.9 Å². The molecule has 1 saturated carbocycles. The molecule has 3 rings (SSSR count). The summed E-state index contributed by atoms with van der Waals surface area (Å²) in [6, 6.07) is 4.13. The lowest BCUT2D eigenvalue weighted by Crippen LogP contribution is -2.36. The van der Waals surface area contributed by atoms with Gasteiger partial charge >= 0.3 is 0 Å². The zero-order valence-electron chi connectivity index (χ0n) is 12.3. The maximum Gasteiger partial charge on any atom is 0.277 e. The number of nitrogens with two attached hydrogens (primary N) is 1. The summed E-state index contributed by atoms with van der Waals surface area (Å²) in [5.41, 5.74) is 7.94. The molecule has 0 bridgehead atoms. The number of aromatic nitrogens is 2. The van der Waals surface area contributed by atoms with Gasteiger partial charge in [-0.3, -0.25) is 9.89 Å². The highest BCUT2D eigenvalue weighted by molar-refractivity contribution is 7.09. The Labute approximate surface area is 128 Å². The monoisotopic (exact) mass is 304 g/mol. The molecule has 1 fully saturated rings. The Hall–Kier alpha value is -1.82. The molecule has 112 valence electrons. The average molecular weight is 304 g/mol. The molecule has 0 aromatic carbocycles. The minimum absolute atomic E-state index is 0.0973. The van der Waals surface area contributed by atoms with Crippen molar-refractivity contribution in [3.05, 3.63) is 33.8 Å². The number of hydrogen-bond acceptors (Lipinski definition) is 4. The highest BCUT2D eigenvalue weighted by atomic mass is 32.1. The van der Waals surface area contributed by atoms with Crippen LogP contribution in [-0.4, -0.2) is 27.0 Å². The van der Waals surface area contributed by atoms with E-state index in [1.807, 2.05) is 36.3 Å². The summed E-state index contributed by atoms with van der Waals surface area (Å²) >= 11 is 1.65. The second-order valence-electron chi connectivity index (χ2n) is 5.78. The van der Waals surface area contributed by atoms with Crippen molar-refractivity contribution in [2.75, 3.05) is 5.73 Å². The van der Waals surface area contributed by atoms with Crippen molar-refractivity contribution in [2.24, 2.45) is 0 Å². The van der Waals surface area contributed by atoms with Crippen LogP contribution in [-0.2, 0) is 6.54 Å². The van der Waals surface area contributed by atoms with Gasteiger partial charge in [-0.1, -0.05) is 6.07 Å². The van der Waals surface area contributed by atoms with Crippen LogP contribution in [0.5, 0.6) is 0 Å². The molecule has 21 heavy (non-hydrogen) atoms. The van der Waals surface area contributed by atoms with Crippen molar-refractivity contribution < 1.29 is 4.79 Å². The van der Waals surface area contributed by atoms with E-state index in [0.29, 0.717) is 23.8 Å². The van der Waals surface area contributed by atoms with Crippen LogP contribution in [0.2, 0.25) is 0 Å². The molecule has 1 aliphatic rings. The molecule has 3 N–H and O–H groups in total. The molecule has 2 aromatic rings. The van der Waals surface area contributed by atoms with E-state index < -0.39 is 0 Å². The summed E-state index contributed by atoms with van der Waals surface area (Å²) in [6.07, 6.45) is 2.26. The van der Waals surface area contributed by atoms with Crippen LogP contribution in [0, 0.1) is 0 Å². The van der Waals surface area contributed by atoms with Gasteiger partial charge in [0.25, 0.3) is 5.91 Å². The van der Waals surface area contributed by atoms with Gasteiger partial charge in [0, 0.05) is 16.8 Å². The van der Waals surface area contributed by atoms with Crippen LogP contribution in [0.25, 0.3) is 0 Å². The Kier molecular flexibility index (Phi) is 3.71. The number of H-pyrrole nitrogens is 1. The van der Waals surface area contributed by atoms with E-state index in [4.69, 9.17) is 5.73 Å². The zero-order chi connectivity index (χ0) is 15.0. The van der Waals surface area contributed by atoms with Crippen molar-refractivity contribution in [1.29, 1.82) is 0 Å². The number of aromatic amines is 1. The fourth-order valence-corrected chi connectivity index (χ4v) is 3.11. The fourth-order valence-electron chi connectivity index (χ4n) is 2.41. The Morgan fingerprint density at radius 2 is 2.33 bits per heavy atom. The Morgan fingerprint density at radius 1 is 1.57 bits per heavy atom. The number of thiophene rings is 1. The Morgan fingerprint density at radius 3 is 2.90 bits per heavy atom. The topological polar surface area (TPSA) is 75.0 Å². The lowest BCUT2D eigenvalue weighted by molar-refractivity contribution is 0.0687. The molecule has 0 atom stereocenters. The predicted octanol–water partition coefficient (Wildman–Crippen LogP) is 2.98. The maximum atomic E-state index is 12.8. The number of anilines is 1. The average Bonchev–Trinajstić information content (AvgIpc) is 3.01. The molecule has 1 amide bonds. The number of rotatable bonds is 5. The summed E-state index contributed by atoms with van der Waals surface area (Å²) in [7, 11) is 0. The van der Waals surface area contributed by atoms with Crippen LogP contribution in [0.4, 0.5) is 5.69 Å². The quantitative estimate of drug-likeness (QED) is 0.891. The van der Waals surface area contributed by atoms with E-state index in [-0.39, 0.29) is 11.9 Å². The van der Waals surface area contributed by atoms with Crippen LogP contribution in [0.1, 0.15) is 53.7 Å². The zero-order valence-corrected chi connectivity index (χ0v) is 13.1. The number of carbonyl (C=O) groups excluding carboxylic acids is 1. The first-order chi connectivity index (χ1) is 10.1. The van der Waals surface area contributed by atoms with Gasteiger partial charge < -0.3 is 10.6 Å². The number of amides is 1. The van der Waals surface area contributed by atoms with Crippen molar-refractivity contribution >= 4 is 22.9 Å². The van der Waals surface area contributed by atoms with E-state index in [2.05, 4.69) is 10.2 Å². The van der Waals surface area contributed by atoms with Gasteiger partial charge in [-0.15, -0.1) is 11.3 Å². The minimum Gasteiger partial charge on any atom is -0.395 e. The first kappa shape index (κ1) is 14.1. The molecule has 0 spiro atoms. The maximum absolute atomic E-state index is 12.8. The third-order valence-corrected chi connectivity index (χ3v) is 4.67. The van der Waals surface area contributed by atoms with Crippen LogP contribution in [0.3, 0.4) is 0 Å². The third-order valence-electron chi connectivity index (χ3n) is 3.81. The van der Waals surface area contributed by atoms with Crippen molar-refractivity contribution in [3.63, 3.8) is 0 Å². The first-order valence-corrected chi connectivity index (χ1v) is 8.13. The van der Waals surface area contributed by atoms with Crippen molar-refractivity contribution in [3.8, 4) is 0 Å². The number of hydrogen-bond donors (Lipinski definition) is 2. The third kappa shape index (κ3) is 2.81. The number of nitrogens with one attached hydrogen (secondary N) is 1. The minimum atomic E-state index is -0.0981. The summed E-state index contributed by atoms with van der Waals surface area (Å²) in [5, 5.41) is 9.14. The van der Waals surface area contributed by atoms with E-state index in [1.54, 1.807) is 11.3 Å². The largest absolute Gasteiger partial charge is 0.395 e. The molecule has 2 aromatic heterocycles. The van der Waals surface area contributed by atoms with E-state index >= 15 is 0 Å². The number of carbonyl (C=O) groups is 1. The SMILES string of the molecule is CC(C)N(Cc1cccs1)C(=O)c1n[nH]c(C2CC2)c1N. The predicted molar refractivity (Wildman–Crippen MR) is 84.3 cm³/mol. The highest BCUT2D eigenvalue weighted by Gasteiger charge is 2.32. The molecule has 0 radical (unpaired) electrons. The van der Waals surface area contributed by atoms with Gasteiger partial charge in [-0.2, -0.15) is 5.10 Å². The number of nitrogens with zero attached hydrogens (tertiary/aromatic N) is 2. The van der Waals surface area contributed by atoms with Crippen molar-refractivity contribution in [1.82, 2.24) is 15.1 Å². The molecular formula is C15H20N4OS. The van der Waals surface area contributed by atoms with Crippen molar-refractivity contribution in [2.45, 2.75) is 45.2 Å². The summed E-state index contributed by atoms with van der Waals surface area (Å²) in [5.74, 6) is 0.364. The Balaban J connectivity index is 1.83.